The molecule has 0 fully saturated rings. The first kappa shape index (κ1) is 78.0. The number of carbonyl (C=O) groups is 1. The van der Waals surface area contributed by atoms with Crippen LogP contribution in [0.4, 0.5) is 11.4 Å². The second-order valence-corrected chi connectivity index (χ2v) is 29.5. The summed E-state index contributed by atoms with van der Waals surface area (Å²) in [6, 6.07) is 9.02. The summed E-state index contributed by atoms with van der Waals surface area (Å²) < 4.78 is 240. The van der Waals surface area contributed by atoms with Crippen molar-refractivity contribution < 1.29 is 127 Å². The van der Waals surface area contributed by atoms with Crippen LogP contribution < -0.4 is 4.90 Å². The molecule has 5 N–H and O–H groups in total. The first-order valence-electron chi connectivity index (χ1n) is 30.1. The Morgan fingerprint density at radius 1 is 0.532 bits per heavy atom. The van der Waals surface area contributed by atoms with Gasteiger partial charge in [0.15, 0.2) is 5.71 Å². The van der Waals surface area contributed by atoms with Crippen LogP contribution in [0.1, 0.15) is 69.9 Å². The van der Waals surface area contributed by atoms with E-state index in [-0.39, 0.29) is 138 Å². The van der Waals surface area contributed by atoms with E-state index in [1.54, 1.807) is 56.9 Å². The van der Waals surface area contributed by atoms with Crippen molar-refractivity contribution in [1.82, 2.24) is 0 Å². The highest BCUT2D eigenvalue weighted by Crippen LogP contribution is 2.54. The minimum Gasteiger partial charge on any atom is -0.744 e. The van der Waals surface area contributed by atoms with E-state index >= 15 is 0 Å². The Bertz CT molecular complexity index is 3940. The lowest BCUT2D eigenvalue weighted by molar-refractivity contribution is -0.437. The highest BCUT2D eigenvalue weighted by molar-refractivity contribution is 7.87. The second-order valence-electron chi connectivity index (χ2n) is 22.3. The fraction of sp³-hybridized carbons (Fsp3) is 0.567. The van der Waals surface area contributed by atoms with Gasteiger partial charge in [0, 0.05) is 86.7 Å². The number of hydrogen-bond donors (Lipinski definition) is 5. The molecule has 2 unspecified atom stereocenters. The molecule has 526 valence electrons. The Morgan fingerprint density at radius 2 is 0.979 bits per heavy atom. The number of fused-ring (bicyclic) bond motifs is 6. The van der Waals surface area contributed by atoms with E-state index in [1.165, 1.54) is 18.2 Å². The predicted molar refractivity (Wildman–Crippen MR) is 341 cm³/mol. The van der Waals surface area contributed by atoms with Crippen LogP contribution in [0, 0.1) is 0 Å². The first-order valence-corrected chi connectivity index (χ1v) is 37.4. The molecule has 0 aromatic heterocycles. The number of hydrogen-bond acceptors (Lipinski definition) is 23. The number of rotatable bonds is 46. The molecule has 0 saturated heterocycles. The third kappa shape index (κ3) is 21.7. The van der Waals surface area contributed by atoms with Gasteiger partial charge in [-0.25, -0.2) is 8.42 Å². The predicted octanol–water partition coefficient (Wildman–Crippen LogP) is 5.34. The lowest BCUT2D eigenvalue weighted by Crippen LogP contribution is -2.33. The van der Waals surface area contributed by atoms with Crippen LogP contribution in [0.2, 0.25) is 0 Å². The van der Waals surface area contributed by atoms with Crippen LogP contribution in [0.15, 0.2) is 92.0 Å². The lowest BCUT2D eigenvalue weighted by atomic mass is 9.74. The number of nitrogens with zero attached hydrogens (tertiary/aromatic N) is 2. The van der Waals surface area contributed by atoms with Gasteiger partial charge in [-0.3, -0.25) is 23.0 Å². The molecular formula is C60H84N2O27S5. The van der Waals surface area contributed by atoms with Crippen molar-refractivity contribution in [3.05, 3.63) is 83.6 Å². The number of ether oxygens (including phenoxy) is 10. The quantitative estimate of drug-likeness (QED) is 0.0212. The van der Waals surface area contributed by atoms with Crippen molar-refractivity contribution in [3.8, 4) is 0 Å². The molecule has 94 heavy (non-hydrogen) atoms. The van der Waals surface area contributed by atoms with Crippen LogP contribution in [-0.2, 0) is 114 Å². The summed E-state index contributed by atoms with van der Waals surface area (Å²) in [4.78, 5) is 9.92. The molecule has 4 aromatic carbocycles. The van der Waals surface area contributed by atoms with Crippen molar-refractivity contribution in [3.63, 3.8) is 0 Å². The smallest absolute Gasteiger partial charge is 0.303 e. The monoisotopic (exact) mass is 1420 g/mol. The highest BCUT2D eigenvalue weighted by atomic mass is 32.2. The van der Waals surface area contributed by atoms with Gasteiger partial charge < -0.3 is 61.9 Å². The average molecular weight is 1430 g/mol. The molecule has 6 rings (SSSR count). The Labute approximate surface area is 548 Å². The summed E-state index contributed by atoms with van der Waals surface area (Å²) in [7, 11) is -22.4. The summed E-state index contributed by atoms with van der Waals surface area (Å²) >= 11 is 0. The molecule has 34 heteroatoms. The molecule has 0 aliphatic carbocycles. The molecule has 0 spiro atoms. The fourth-order valence-electron chi connectivity index (χ4n) is 11.4. The molecule has 0 saturated carbocycles. The van der Waals surface area contributed by atoms with Gasteiger partial charge in [0.25, 0.3) is 40.5 Å². The number of allylic oxidation sites excluding steroid dienone is 4. The van der Waals surface area contributed by atoms with Crippen LogP contribution in [0.5, 0.6) is 0 Å². The van der Waals surface area contributed by atoms with Crippen LogP contribution in [0.3, 0.4) is 0 Å². The zero-order chi connectivity index (χ0) is 69.0. The number of carboxylic acids is 1. The van der Waals surface area contributed by atoms with Gasteiger partial charge in [-0.05, 0) is 104 Å². The maximum atomic E-state index is 13.1. The van der Waals surface area contributed by atoms with E-state index < -0.39 is 92.7 Å². The van der Waals surface area contributed by atoms with Gasteiger partial charge in [0.1, 0.15) is 21.6 Å². The molecule has 2 atom stereocenters. The van der Waals surface area contributed by atoms with Gasteiger partial charge in [-0.15, -0.1) is 0 Å². The standard InChI is InChI=1S/C60H84N2O27S5/c1-59(17-21-82-27-29-86-35-37-88-33-31-84-25-23-80-3)54(61(19-7-5-6-12-56(63)64)50-15-13-46-48(57(50)59)40-44(91(68,69)70)42-52(46)93(74,75)76)10-8-11-55-60(2,18-22-83-28-30-87-36-38-89-34-32-85-26-24-81-4)58-49-41-45(92(71,72)73)43-53(94(77,78)79)47(49)14-16-51(58)62(55)20-9-39-90(65,66)67/h8,10-11,13-16,40-43H,5-7,9,12,17-39H2,1-4H3,(H5-,63,64,65,66,67,68,69,70,71,72,73,74,75,76,77,78,79). The third-order valence-corrected chi connectivity index (χ3v) is 20.0. The van der Waals surface area contributed by atoms with Gasteiger partial charge >= 0.3 is 5.97 Å². The van der Waals surface area contributed by atoms with E-state index in [9.17, 15) is 74.8 Å². The van der Waals surface area contributed by atoms with E-state index in [0.29, 0.717) is 106 Å². The number of carboxylic acid groups (broad SMARTS) is 1. The van der Waals surface area contributed by atoms with E-state index in [2.05, 4.69) is 0 Å². The molecule has 4 aromatic rings. The van der Waals surface area contributed by atoms with Crippen LogP contribution in [-0.4, -0.2) is 238 Å². The third-order valence-electron chi connectivity index (χ3n) is 15.8. The summed E-state index contributed by atoms with van der Waals surface area (Å²) in [6.45, 7) is 7.84. The molecular weight excluding hydrogens is 1340 g/mol. The van der Waals surface area contributed by atoms with Crippen molar-refractivity contribution in [2.45, 2.75) is 89.2 Å². The van der Waals surface area contributed by atoms with Crippen molar-refractivity contribution in [2.75, 3.05) is 157 Å². The van der Waals surface area contributed by atoms with Gasteiger partial charge in [0.2, 0.25) is 5.69 Å². The SMILES string of the molecule is COCCOCCOCCOCCOCCC1(C)C(/C=C/C=C2/N(CCCCCC(=O)O)c3ccc4c(S(=O)(=O)[O-])cc(S(=O)(=O)O)cc4c3C2(C)CCOCCOCCOCCOCCOC)=[N+](CCCS(=O)(=O)O)c2ccc3c(S(=O)(=O)O)cc(S(=O)(=O)O)cc3c21. The summed E-state index contributed by atoms with van der Waals surface area (Å²) in [6.07, 6.45) is 5.78. The van der Waals surface area contributed by atoms with Gasteiger partial charge in [0.05, 0.1) is 132 Å². The lowest BCUT2D eigenvalue weighted by Gasteiger charge is -2.31. The Hall–Kier alpha value is -5.03. The Balaban J connectivity index is 1.49. The largest absolute Gasteiger partial charge is 0.744 e. The maximum Gasteiger partial charge on any atom is 0.303 e. The van der Waals surface area contributed by atoms with Crippen LogP contribution >= 0.6 is 0 Å². The van der Waals surface area contributed by atoms with Gasteiger partial charge in [-0.2, -0.15) is 38.2 Å². The van der Waals surface area contributed by atoms with E-state index in [1.807, 2.05) is 4.90 Å². The van der Waals surface area contributed by atoms with E-state index in [0.717, 1.165) is 12.1 Å². The van der Waals surface area contributed by atoms with Crippen LogP contribution in [0.25, 0.3) is 21.5 Å². The molecule has 2 aliphatic rings. The summed E-state index contributed by atoms with van der Waals surface area (Å²) in [5.41, 5.74) is -0.618. The zero-order valence-corrected chi connectivity index (χ0v) is 56.9. The number of unbranched alkanes of at least 4 members (excludes halogenated alkanes) is 2. The zero-order valence-electron chi connectivity index (χ0n) is 52.8. The van der Waals surface area contributed by atoms with E-state index in [4.69, 9.17) is 47.4 Å². The van der Waals surface area contributed by atoms with Crippen molar-refractivity contribution in [1.29, 1.82) is 0 Å². The normalized spacial score (nSPS) is 17.6. The maximum absolute atomic E-state index is 13.1. The molecule has 2 aliphatic heterocycles. The molecule has 2 heterocycles. The molecule has 0 radical (unpaired) electrons. The molecule has 29 nitrogen and oxygen atoms in total. The minimum atomic E-state index is -5.43. The number of benzene rings is 4. The van der Waals surface area contributed by atoms with Crippen molar-refractivity contribution in [2.24, 2.45) is 0 Å². The minimum absolute atomic E-state index is 0.0185. The first-order chi connectivity index (χ1) is 44.4. The molecule has 0 bridgehead atoms. The number of methoxy groups -OCH3 is 2. The topological polar surface area (TPSA) is 411 Å². The number of aliphatic carboxylic acids is 1. The highest BCUT2D eigenvalue weighted by Gasteiger charge is 2.50. The Morgan fingerprint density at radius 3 is 1.44 bits per heavy atom. The molecule has 0 amide bonds. The van der Waals surface area contributed by atoms with Crippen molar-refractivity contribution >= 4 is 95.2 Å². The van der Waals surface area contributed by atoms with Gasteiger partial charge in [-0.1, -0.05) is 18.6 Å². The average Bonchev–Trinajstić information content (AvgIpc) is 1.53. The summed E-state index contributed by atoms with van der Waals surface area (Å²) in [5, 5.41) is 9.09. The summed E-state index contributed by atoms with van der Waals surface area (Å²) in [5.74, 6) is -1.74. The fourth-order valence-corrected chi connectivity index (χ4v) is 14.6. The Kier molecular flexibility index (Phi) is 29.4. The number of anilines is 1. The second kappa shape index (κ2) is 35.5.